The third kappa shape index (κ3) is 4.12. The van der Waals surface area contributed by atoms with Gasteiger partial charge in [-0.3, -0.25) is 4.79 Å². The summed E-state index contributed by atoms with van der Waals surface area (Å²) in [4.78, 5) is 15.1. The van der Waals surface area contributed by atoms with E-state index in [-0.39, 0.29) is 5.91 Å². The summed E-state index contributed by atoms with van der Waals surface area (Å²) in [5, 5.41) is 3.24. The van der Waals surface area contributed by atoms with Crippen molar-refractivity contribution in [1.29, 1.82) is 0 Å². The fourth-order valence-corrected chi connectivity index (χ4v) is 6.48. The lowest BCUT2D eigenvalue weighted by molar-refractivity contribution is 0.0909. The lowest BCUT2D eigenvalue weighted by Gasteiger charge is -2.32. The van der Waals surface area contributed by atoms with E-state index in [0.717, 1.165) is 37.5 Å². The number of piperidine rings is 1. The summed E-state index contributed by atoms with van der Waals surface area (Å²) in [7, 11) is 0. The fraction of sp³-hybridized carbons (Fsp3) is 0.632. The SMILES string of the molecule is O=C(NC1CCN(C2CC2)CC1)c1ccc(C2SCCCS2)cc1. The minimum atomic E-state index is 0.0929. The van der Waals surface area contributed by atoms with E-state index in [4.69, 9.17) is 0 Å². The summed E-state index contributed by atoms with van der Waals surface area (Å²) in [5.41, 5.74) is 2.15. The molecule has 0 aromatic heterocycles. The van der Waals surface area contributed by atoms with Crippen LogP contribution in [0.3, 0.4) is 0 Å². The third-order valence-corrected chi connectivity index (χ3v) is 8.22. The molecular formula is C19H26N2OS2. The summed E-state index contributed by atoms with van der Waals surface area (Å²) < 4.78 is 0.544. The Morgan fingerprint density at radius 3 is 2.29 bits per heavy atom. The lowest BCUT2D eigenvalue weighted by atomic mass is 10.0. The van der Waals surface area contributed by atoms with E-state index in [1.807, 2.05) is 35.7 Å². The van der Waals surface area contributed by atoms with Crippen LogP contribution in [0.4, 0.5) is 0 Å². The molecule has 5 heteroatoms. The Bertz CT molecular complexity index is 559. The summed E-state index contributed by atoms with van der Waals surface area (Å²) >= 11 is 4.05. The number of benzene rings is 1. The molecule has 0 unspecified atom stereocenters. The molecule has 1 saturated carbocycles. The maximum atomic E-state index is 12.5. The Labute approximate surface area is 153 Å². The molecule has 3 fully saturated rings. The number of nitrogens with zero attached hydrogens (tertiary/aromatic N) is 1. The number of likely N-dealkylation sites (tertiary alicyclic amines) is 1. The van der Waals surface area contributed by atoms with Crippen LogP contribution in [-0.4, -0.2) is 47.5 Å². The van der Waals surface area contributed by atoms with Crippen molar-refractivity contribution in [3.8, 4) is 0 Å². The van der Waals surface area contributed by atoms with E-state index in [0.29, 0.717) is 10.6 Å². The Morgan fingerprint density at radius 2 is 1.67 bits per heavy atom. The van der Waals surface area contributed by atoms with Crippen LogP contribution in [0.15, 0.2) is 24.3 Å². The lowest BCUT2D eigenvalue weighted by Crippen LogP contribution is -2.45. The number of nitrogens with one attached hydrogen (secondary N) is 1. The summed E-state index contributed by atoms with van der Waals surface area (Å²) in [6.07, 6.45) is 6.25. The highest BCUT2D eigenvalue weighted by molar-refractivity contribution is 8.16. The van der Waals surface area contributed by atoms with E-state index in [9.17, 15) is 4.79 Å². The normalized spacial score (nSPS) is 24.0. The Morgan fingerprint density at radius 1 is 1.00 bits per heavy atom. The predicted molar refractivity (Wildman–Crippen MR) is 104 cm³/mol. The number of thioether (sulfide) groups is 2. The molecular weight excluding hydrogens is 336 g/mol. The molecule has 2 aliphatic heterocycles. The van der Waals surface area contributed by atoms with Gasteiger partial charge >= 0.3 is 0 Å². The Hall–Kier alpha value is -0.650. The zero-order valence-corrected chi connectivity index (χ0v) is 15.7. The van der Waals surface area contributed by atoms with Crippen molar-refractivity contribution in [3.63, 3.8) is 0 Å². The molecule has 2 saturated heterocycles. The van der Waals surface area contributed by atoms with Crippen LogP contribution < -0.4 is 5.32 Å². The monoisotopic (exact) mass is 362 g/mol. The molecule has 1 amide bonds. The van der Waals surface area contributed by atoms with Gasteiger partial charge in [-0.25, -0.2) is 0 Å². The fourth-order valence-electron chi connectivity index (χ4n) is 3.59. The second kappa shape index (κ2) is 7.71. The maximum absolute atomic E-state index is 12.5. The molecule has 1 aromatic carbocycles. The number of carbonyl (C=O) groups is 1. The highest BCUT2D eigenvalue weighted by atomic mass is 32.2. The van der Waals surface area contributed by atoms with Crippen molar-refractivity contribution in [2.24, 2.45) is 0 Å². The van der Waals surface area contributed by atoms with Gasteiger partial charge in [0.2, 0.25) is 0 Å². The predicted octanol–water partition coefficient (Wildman–Crippen LogP) is 3.91. The van der Waals surface area contributed by atoms with Gasteiger partial charge in [-0.05, 0) is 61.3 Å². The summed E-state index contributed by atoms with van der Waals surface area (Å²) in [6.45, 7) is 2.29. The average Bonchev–Trinajstić information content (AvgIpc) is 3.48. The minimum absolute atomic E-state index is 0.0929. The molecule has 3 aliphatic rings. The second-order valence-electron chi connectivity index (χ2n) is 7.06. The van der Waals surface area contributed by atoms with Gasteiger partial charge in [0.25, 0.3) is 5.91 Å². The molecule has 0 atom stereocenters. The summed E-state index contributed by atoms with van der Waals surface area (Å²) in [6, 6.07) is 9.47. The van der Waals surface area contributed by atoms with Gasteiger partial charge in [0.1, 0.15) is 0 Å². The first-order chi connectivity index (χ1) is 11.8. The van der Waals surface area contributed by atoms with Crippen LogP contribution in [0.5, 0.6) is 0 Å². The van der Waals surface area contributed by atoms with Crippen molar-refractivity contribution in [2.75, 3.05) is 24.6 Å². The molecule has 1 N–H and O–H groups in total. The van der Waals surface area contributed by atoms with Crippen molar-refractivity contribution in [3.05, 3.63) is 35.4 Å². The van der Waals surface area contributed by atoms with Gasteiger partial charge in [0.05, 0.1) is 4.58 Å². The zero-order chi connectivity index (χ0) is 16.4. The molecule has 130 valence electrons. The second-order valence-corrected chi connectivity index (χ2v) is 9.79. The summed E-state index contributed by atoms with van der Waals surface area (Å²) in [5.74, 6) is 2.59. The van der Waals surface area contributed by atoms with Crippen molar-refractivity contribution >= 4 is 29.4 Å². The first kappa shape index (κ1) is 16.8. The van der Waals surface area contributed by atoms with Crippen molar-refractivity contribution < 1.29 is 4.79 Å². The maximum Gasteiger partial charge on any atom is 0.251 e. The number of hydrogen-bond donors (Lipinski definition) is 1. The zero-order valence-electron chi connectivity index (χ0n) is 14.1. The standard InChI is InChI=1S/C19H26N2OS2/c22-18(20-16-8-10-21(11-9-16)17-6-7-17)14-2-4-15(5-3-14)19-23-12-1-13-24-19/h2-5,16-17,19H,1,6-13H2,(H,20,22). The van der Waals surface area contributed by atoms with Gasteiger partial charge in [-0.1, -0.05) is 12.1 Å². The van der Waals surface area contributed by atoms with Crippen LogP contribution in [0, 0.1) is 0 Å². The van der Waals surface area contributed by atoms with E-state index >= 15 is 0 Å². The molecule has 24 heavy (non-hydrogen) atoms. The van der Waals surface area contributed by atoms with E-state index in [2.05, 4.69) is 22.3 Å². The van der Waals surface area contributed by atoms with Gasteiger partial charge in [-0.15, -0.1) is 23.5 Å². The van der Waals surface area contributed by atoms with Crippen LogP contribution in [0.25, 0.3) is 0 Å². The van der Waals surface area contributed by atoms with Gasteiger partial charge in [0, 0.05) is 30.7 Å². The smallest absolute Gasteiger partial charge is 0.251 e. The van der Waals surface area contributed by atoms with Crippen LogP contribution >= 0.6 is 23.5 Å². The molecule has 1 aromatic rings. The minimum Gasteiger partial charge on any atom is -0.349 e. The van der Waals surface area contributed by atoms with Crippen molar-refractivity contribution in [1.82, 2.24) is 10.2 Å². The number of amides is 1. The Kier molecular flexibility index (Phi) is 5.40. The van der Waals surface area contributed by atoms with Crippen molar-refractivity contribution in [2.45, 2.75) is 48.8 Å². The first-order valence-corrected chi connectivity index (χ1v) is 11.3. The molecule has 0 bridgehead atoms. The van der Waals surface area contributed by atoms with Crippen LogP contribution in [0.1, 0.15) is 52.6 Å². The molecule has 0 radical (unpaired) electrons. The van der Waals surface area contributed by atoms with Crippen LogP contribution in [0.2, 0.25) is 0 Å². The quantitative estimate of drug-likeness (QED) is 0.880. The van der Waals surface area contributed by atoms with Gasteiger partial charge in [-0.2, -0.15) is 0 Å². The van der Waals surface area contributed by atoms with E-state index < -0.39 is 0 Å². The molecule has 1 aliphatic carbocycles. The Balaban J connectivity index is 1.29. The number of rotatable bonds is 4. The van der Waals surface area contributed by atoms with Crippen LogP contribution in [-0.2, 0) is 0 Å². The highest BCUT2D eigenvalue weighted by Gasteiger charge is 2.32. The van der Waals surface area contributed by atoms with Gasteiger partial charge in [0.15, 0.2) is 0 Å². The van der Waals surface area contributed by atoms with E-state index in [1.54, 1.807) is 0 Å². The first-order valence-electron chi connectivity index (χ1n) is 9.18. The molecule has 4 rings (SSSR count). The molecule has 2 heterocycles. The van der Waals surface area contributed by atoms with E-state index in [1.165, 1.54) is 36.3 Å². The number of hydrogen-bond acceptors (Lipinski definition) is 4. The topological polar surface area (TPSA) is 32.3 Å². The average molecular weight is 363 g/mol. The molecule has 0 spiro atoms. The molecule has 3 nitrogen and oxygen atoms in total. The number of carbonyl (C=O) groups excluding carboxylic acids is 1. The van der Waals surface area contributed by atoms with Gasteiger partial charge < -0.3 is 10.2 Å². The highest BCUT2D eigenvalue weighted by Crippen LogP contribution is 2.43. The third-order valence-electron chi connectivity index (χ3n) is 5.20. The largest absolute Gasteiger partial charge is 0.349 e.